The standard InChI is InChI=1S/C30H56O4/c1-3-5-7-9-11-13-15-17-19-21-23-25-28(27-29(31)32)30(33)34-26-24-22-20-18-16-14-12-10-8-6-4-2/h27H,3-26H2,1-2H3,(H,31,32). The number of esters is 1. The quantitative estimate of drug-likeness (QED) is 0.0760. The van der Waals surface area contributed by atoms with Crippen molar-refractivity contribution >= 4 is 11.9 Å². The van der Waals surface area contributed by atoms with Crippen molar-refractivity contribution in [1.82, 2.24) is 0 Å². The number of aliphatic carboxylic acids is 1. The fourth-order valence-corrected chi connectivity index (χ4v) is 4.39. The van der Waals surface area contributed by atoms with Crippen LogP contribution < -0.4 is 0 Å². The molecule has 0 aromatic carbocycles. The van der Waals surface area contributed by atoms with E-state index in [9.17, 15) is 9.59 Å². The maximum Gasteiger partial charge on any atom is 0.334 e. The van der Waals surface area contributed by atoms with Gasteiger partial charge in [0.25, 0.3) is 0 Å². The molecular weight excluding hydrogens is 424 g/mol. The van der Waals surface area contributed by atoms with Gasteiger partial charge in [0.15, 0.2) is 0 Å². The molecule has 0 fully saturated rings. The van der Waals surface area contributed by atoms with Crippen molar-refractivity contribution in [3.63, 3.8) is 0 Å². The highest BCUT2D eigenvalue weighted by atomic mass is 16.5. The van der Waals surface area contributed by atoms with E-state index in [1.54, 1.807) is 0 Å². The smallest absolute Gasteiger partial charge is 0.334 e. The van der Waals surface area contributed by atoms with Crippen LogP contribution >= 0.6 is 0 Å². The molecule has 0 aliphatic carbocycles. The summed E-state index contributed by atoms with van der Waals surface area (Å²) < 4.78 is 5.37. The minimum Gasteiger partial charge on any atom is -0.478 e. The van der Waals surface area contributed by atoms with E-state index in [4.69, 9.17) is 9.84 Å². The molecular formula is C30H56O4. The molecule has 0 amide bonds. The van der Waals surface area contributed by atoms with Crippen molar-refractivity contribution in [2.24, 2.45) is 0 Å². The predicted octanol–water partition coefficient (Wildman–Crippen LogP) is 9.55. The van der Waals surface area contributed by atoms with Crippen LogP contribution in [-0.2, 0) is 14.3 Å². The topological polar surface area (TPSA) is 63.6 Å². The summed E-state index contributed by atoms with van der Waals surface area (Å²) in [4.78, 5) is 23.4. The number of carbonyl (C=O) groups is 2. The van der Waals surface area contributed by atoms with Crippen LogP contribution in [0.4, 0.5) is 0 Å². The van der Waals surface area contributed by atoms with Crippen molar-refractivity contribution < 1.29 is 19.4 Å². The van der Waals surface area contributed by atoms with E-state index >= 15 is 0 Å². The molecule has 0 atom stereocenters. The monoisotopic (exact) mass is 480 g/mol. The lowest BCUT2D eigenvalue weighted by atomic mass is 10.0. The van der Waals surface area contributed by atoms with Gasteiger partial charge in [0, 0.05) is 11.6 Å². The normalized spacial score (nSPS) is 11.6. The molecule has 1 N–H and O–H groups in total. The van der Waals surface area contributed by atoms with Gasteiger partial charge < -0.3 is 9.84 Å². The molecule has 0 bridgehead atoms. The molecule has 0 aromatic heterocycles. The Morgan fingerprint density at radius 2 is 0.912 bits per heavy atom. The van der Waals surface area contributed by atoms with Crippen LogP contribution in [0.5, 0.6) is 0 Å². The molecule has 0 unspecified atom stereocenters. The molecule has 0 radical (unpaired) electrons. The van der Waals surface area contributed by atoms with Crippen molar-refractivity contribution in [3.05, 3.63) is 11.6 Å². The fourth-order valence-electron chi connectivity index (χ4n) is 4.39. The van der Waals surface area contributed by atoms with Crippen molar-refractivity contribution in [1.29, 1.82) is 0 Å². The summed E-state index contributed by atoms with van der Waals surface area (Å²) >= 11 is 0. The highest BCUT2D eigenvalue weighted by molar-refractivity contribution is 5.95. The Morgan fingerprint density at radius 3 is 1.29 bits per heavy atom. The molecule has 200 valence electrons. The van der Waals surface area contributed by atoms with E-state index in [1.807, 2.05) is 0 Å². The first-order chi connectivity index (χ1) is 16.6. The van der Waals surface area contributed by atoms with E-state index < -0.39 is 11.9 Å². The van der Waals surface area contributed by atoms with Gasteiger partial charge in [-0.25, -0.2) is 9.59 Å². The summed E-state index contributed by atoms with van der Waals surface area (Å²) in [5.74, 6) is -1.51. The summed E-state index contributed by atoms with van der Waals surface area (Å²) in [5, 5.41) is 9.10. The zero-order valence-corrected chi connectivity index (χ0v) is 22.7. The summed E-state index contributed by atoms with van der Waals surface area (Å²) in [6.45, 7) is 4.89. The molecule has 34 heavy (non-hydrogen) atoms. The highest BCUT2D eigenvalue weighted by Crippen LogP contribution is 2.16. The highest BCUT2D eigenvalue weighted by Gasteiger charge is 2.12. The number of hydrogen-bond donors (Lipinski definition) is 1. The van der Waals surface area contributed by atoms with Crippen LogP contribution in [0.3, 0.4) is 0 Å². The van der Waals surface area contributed by atoms with Crippen LogP contribution in [0.15, 0.2) is 11.6 Å². The van der Waals surface area contributed by atoms with E-state index in [0.717, 1.165) is 38.2 Å². The average Bonchev–Trinajstić information content (AvgIpc) is 2.82. The summed E-state index contributed by atoms with van der Waals surface area (Å²) in [7, 11) is 0. The van der Waals surface area contributed by atoms with Crippen molar-refractivity contribution in [2.75, 3.05) is 6.61 Å². The van der Waals surface area contributed by atoms with Gasteiger partial charge in [0.05, 0.1) is 6.61 Å². The largest absolute Gasteiger partial charge is 0.478 e. The Balaban J connectivity index is 3.75. The van der Waals surface area contributed by atoms with Gasteiger partial charge in [-0.15, -0.1) is 0 Å². The first-order valence-corrected chi connectivity index (χ1v) is 14.7. The van der Waals surface area contributed by atoms with Crippen LogP contribution in [0.1, 0.15) is 162 Å². The third kappa shape index (κ3) is 23.8. The van der Waals surface area contributed by atoms with Crippen LogP contribution in [0.25, 0.3) is 0 Å². The summed E-state index contributed by atoms with van der Waals surface area (Å²) in [5.41, 5.74) is 0.312. The lowest BCUT2D eigenvalue weighted by Gasteiger charge is -2.08. The number of rotatable bonds is 26. The second kappa shape index (κ2) is 26.3. The lowest BCUT2D eigenvalue weighted by Crippen LogP contribution is -2.11. The van der Waals surface area contributed by atoms with Gasteiger partial charge >= 0.3 is 11.9 Å². The Bertz CT molecular complexity index is 498. The minimum atomic E-state index is -1.07. The van der Waals surface area contributed by atoms with Crippen molar-refractivity contribution in [2.45, 2.75) is 162 Å². The maximum absolute atomic E-state index is 12.3. The zero-order valence-electron chi connectivity index (χ0n) is 22.7. The third-order valence-corrected chi connectivity index (χ3v) is 6.59. The predicted molar refractivity (Wildman–Crippen MR) is 144 cm³/mol. The van der Waals surface area contributed by atoms with Gasteiger partial charge in [-0.1, -0.05) is 142 Å². The zero-order chi connectivity index (χ0) is 25.1. The van der Waals surface area contributed by atoms with Crippen LogP contribution in [0, 0.1) is 0 Å². The number of hydrogen-bond acceptors (Lipinski definition) is 3. The number of carboxylic acid groups (broad SMARTS) is 1. The molecule has 0 rings (SSSR count). The molecule has 0 aliphatic heterocycles. The first-order valence-electron chi connectivity index (χ1n) is 14.7. The second-order valence-electron chi connectivity index (χ2n) is 9.96. The molecule has 0 saturated carbocycles. The van der Waals surface area contributed by atoms with E-state index in [2.05, 4.69) is 13.8 Å². The molecule has 4 heteroatoms. The Hall–Kier alpha value is -1.32. The number of carbonyl (C=O) groups excluding carboxylic acids is 1. The second-order valence-corrected chi connectivity index (χ2v) is 9.96. The molecule has 0 aromatic rings. The van der Waals surface area contributed by atoms with Crippen LogP contribution in [-0.4, -0.2) is 23.7 Å². The Morgan fingerprint density at radius 1 is 0.559 bits per heavy atom. The van der Waals surface area contributed by atoms with Gasteiger partial charge in [0.1, 0.15) is 0 Å². The fraction of sp³-hybridized carbons (Fsp3) is 0.867. The van der Waals surface area contributed by atoms with Gasteiger partial charge in [-0.05, 0) is 19.3 Å². The molecule has 0 saturated heterocycles. The molecule has 4 nitrogen and oxygen atoms in total. The van der Waals surface area contributed by atoms with Gasteiger partial charge in [0.2, 0.25) is 0 Å². The van der Waals surface area contributed by atoms with E-state index in [1.165, 1.54) is 109 Å². The Kier molecular flexibility index (Phi) is 25.3. The molecule has 0 aliphatic rings. The third-order valence-electron chi connectivity index (χ3n) is 6.59. The summed E-state index contributed by atoms with van der Waals surface area (Å²) in [6.07, 6.45) is 28.9. The van der Waals surface area contributed by atoms with Crippen molar-refractivity contribution in [3.8, 4) is 0 Å². The molecule has 0 heterocycles. The number of ether oxygens (including phenoxy) is 1. The first kappa shape index (κ1) is 32.7. The lowest BCUT2D eigenvalue weighted by molar-refractivity contribution is -0.140. The number of unbranched alkanes of at least 4 members (excludes halogenated alkanes) is 20. The average molecular weight is 481 g/mol. The molecule has 0 spiro atoms. The minimum absolute atomic E-state index is 0.312. The van der Waals surface area contributed by atoms with E-state index in [0.29, 0.717) is 18.6 Å². The number of carboxylic acids is 1. The Labute approximate surface area is 211 Å². The van der Waals surface area contributed by atoms with Crippen LogP contribution in [0.2, 0.25) is 0 Å². The van der Waals surface area contributed by atoms with E-state index in [-0.39, 0.29) is 0 Å². The SMILES string of the molecule is CCCCCCCCCCCCCOC(=O)C(=CC(=O)O)CCCCCCCCCCCCC. The van der Waals surface area contributed by atoms with Gasteiger partial charge in [-0.2, -0.15) is 0 Å². The summed E-state index contributed by atoms with van der Waals surface area (Å²) in [6, 6.07) is 0. The van der Waals surface area contributed by atoms with Gasteiger partial charge in [-0.3, -0.25) is 0 Å². The maximum atomic E-state index is 12.3.